The van der Waals surface area contributed by atoms with Crippen molar-refractivity contribution in [1.29, 1.82) is 0 Å². The number of ether oxygens (including phenoxy) is 3. The third kappa shape index (κ3) is 4.15. The van der Waals surface area contributed by atoms with Crippen molar-refractivity contribution in [3.8, 4) is 5.75 Å². The summed E-state index contributed by atoms with van der Waals surface area (Å²) < 4.78 is 15.4. The molecule has 1 atom stereocenters. The zero-order valence-electron chi connectivity index (χ0n) is 14.0. The minimum atomic E-state index is -0.960. The van der Waals surface area contributed by atoms with Crippen LogP contribution in [0.2, 0.25) is 0 Å². The van der Waals surface area contributed by atoms with Crippen LogP contribution in [0.1, 0.15) is 31.1 Å². The normalized spacial score (nSPS) is 16.8. The van der Waals surface area contributed by atoms with Crippen LogP contribution in [-0.2, 0) is 14.3 Å². The van der Waals surface area contributed by atoms with Crippen LogP contribution in [0.3, 0.4) is 0 Å². The number of fused-ring (bicyclic) bond motifs is 1. The number of anilines is 1. The highest BCUT2D eigenvalue weighted by molar-refractivity contribution is 6.02. The van der Waals surface area contributed by atoms with E-state index in [1.807, 2.05) is 0 Å². The molecular formula is C16H20N2O6. The van der Waals surface area contributed by atoms with Crippen LogP contribution in [-0.4, -0.2) is 43.3 Å². The molecule has 0 aromatic heterocycles. The lowest BCUT2D eigenvalue weighted by Gasteiger charge is -2.22. The molecule has 2 rings (SSSR count). The van der Waals surface area contributed by atoms with Crippen molar-refractivity contribution in [2.24, 2.45) is 0 Å². The van der Waals surface area contributed by atoms with Crippen LogP contribution in [0.4, 0.5) is 10.5 Å². The molecule has 24 heavy (non-hydrogen) atoms. The minimum Gasteiger partial charge on any atom is -0.488 e. The molecule has 8 heteroatoms. The largest absolute Gasteiger partial charge is 0.488 e. The quantitative estimate of drug-likeness (QED) is 0.797. The van der Waals surface area contributed by atoms with Gasteiger partial charge in [-0.3, -0.25) is 4.79 Å². The Bertz CT molecular complexity index is 665. The van der Waals surface area contributed by atoms with Crippen LogP contribution in [0.5, 0.6) is 5.75 Å². The average Bonchev–Trinajstić information content (AvgIpc) is 2.63. The van der Waals surface area contributed by atoms with Gasteiger partial charge >= 0.3 is 12.1 Å². The number of nitrogens with one attached hydrogen (secondary N) is 2. The third-order valence-corrected chi connectivity index (χ3v) is 3.08. The van der Waals surface area contributed by atoms with E-state index in [2.05, 4.69) is 10.6 Å². The molecule has 2 N–H and O–H groups in total. The number of esters is 1. The monoisotopic (exact) mass is 336 g/mol. The number of rotatable bonds is 2. The van der Waals surface area contributed by atoms with Gasteiger partial charge in [0.15, 0.2) is 5.75 Å². The first kappa shape index (κ1) is 17.6. The third-order valence-electron chi connectivity index (χ3n) is 3.08. The molecule has 0 radical (unpaired) electrons. The summed E-state index contributed by atoms with van der Waals surface area (Å²) in [4.78, 5) is 35.9. The van der Waals surface area contributed by atoms with Gasteiger partial charge in [-0.15, -0.1) is 0 Å². The molecule has 0 fully saturated rings. The number of amides is 2. The Balaban J connectivity index is 2.16. The zero-order valence-corrected chi connectivity index (χ0v) is 14.0. The van der Waals surface area contributed by atoms with Crippen molar-refractivity contribution in [3.63, 3.8) is 0 Å². The highest BCUT2D eigenvalue weighted by atomic mass is 16.6. The maximum Gasteiger partial charge on any atom is 0.408 e. The Labute approximate surface area is 139 Å². The fourth-order valence-electron chi connectivity index (χ4n) is 2.08. The van der Waals surface area contributed by atoms with E-state index in [1.54, 1.807) is 32.9 Å². The molecule has 8 nitrogen and oxygen atoms in total. The van der Waals surface area contributed by atoms with Gasteiger partial charge in [-0.25, -0.2) is 9.59 Å². The molecule has 0 aliphatic carbocycles. The second-order valence-corrected chi connectivity index (χ2v) is 6.17. The molecule has 0 bridgehead atoms. The maximum atomic E-state index is 12.3. The molecule has 0 saturated carbocycles. The molecule has 1 aliphatic rings. The molecule has 1 aromatic carbocycles. The van der Waals surface area contributed by atoms with E-state index in [0.29, 0.717) is 5.69 Å². The van der Waals surface area contributed by atoms with Gasteiger partial charge in [-0.05, 0) is 32.9 Å². The second-order valence-electron chi connectivity index (χ2n) is 6.17. The Morgan fingerprint density at radius 2 is 2.04 bits per heavy atom. The number of methoxy groups -OCH3 is 1. The predicted octanol–water partition coefficient (Wildman–Crippen LogP) is 1.70. The Morgan fingerprint density at radius 1 is 1.33 bits per heavy atom. The summed E-state index contributed by atoms with van der Waals surface area (Å²) in [6.07, 6.45) is -0.731. The molecule has 130 valence electrons. The van der Waals surface area contributed by atoms with Crippen molar-refractivity contribution < 1.29 is 28.6 Å². The lowest BCUT2D eigenvalue weighted by molar-refractivity contribution is -0.118. The van der Waals surface area contributed by atoms with E-state index in [-0.39, 0.29) is 17.9 Å². The predicted molar refractivity (Wildman–Crippen MR) is 85.1 cm³/mol. The van der Waals surface area contributed by atoms with Gasteiger partial charge in [0.05, 0.1) is 12.8 Å². The van der Waals surface area contributed by atoms with Crippen molar-refractivity contribution in [2.45, 2.75) is 32.4 Å². The first-order valence-corrected chi connectivity index (χ1v) is 7.36. The first-order valence-electron chi connectivity index (χ1n) is 7.36. The number of hydrogen-bond acceptors (Lipinski definition) is 6. The topological polar surface area (TPSA) is 103 Å². The number of carbonyl (C=O) groups is 3. The zero-order chi connectivity index (χ0) is 17.9. The summed E-state index contributed by atoms with van der Waals surface area (Å²) in [5.74, 6) is -0.854. The highest BCUT2D eigenvalue weighted by Crippen LogP contribution is 2.31. The lowest BCUT2D eigenvalue weighted by Crippen LogP contribution is -2.48. The van der Waals surface area contributed by atoms with Gasteiger partial charge in [-0.2, -0.15) is 0 Å². The van der Waals surface area contributed by atoms with Crippen molar-refractivity contribution in [1.82, 2.24) is 5.32 Å². The molecule has 1 aromatic rings. The van der Waals surface area contributed by atoms with Crippen molar-refractivity contribution in [3.05, 3.63) is 23.8 Å². The highest BCUT2D eigenvalue weighted by Gasteiger charge is 2.30. The Kier molecular flexibility index (Phi) is 4.96. The Morgan fingerprint density at radius 3 is 2.67 bits per heavy atom. The van der Waals surface area contributed by atoms with E-state index in [0.717, 1.165) is 0 Å². The van der Waals surface area contributed by atoms with Crippen LogP contribution < -0.4 is 15.4 Å². The van der Waals surface area contributed by atoms with E-state index in [4.69, 9.17) is 14.2 Å². The molecule has 1 heterocycles. The van der Waals surface area contributed by atoms with E-state index in [1.165, 1.54) is 13.2 Å². The van der Waals surface area contributed by atoms with Crippen molar-refractivity contribution >= 4 is 23.7 Å². The molecule has 2 amide bonds. The summed E-state index contributed by atoms with van der Waals surface area (Å²) in [5, 5.41) is 5.07. The molecule has 1 unspecified atom stereocenters. The van der Waals surface area contributed by atoms with E-state index >= 15 is 0 Å². The van der Waals surface area contributed by atoms with Crippen LogP contribution in [0.25, 0.3) is 0 Å². The smallest absolute Gasteiger partial charge is 0.408 e. The van der Waals surface area contributed by atoms with Gasteiger partial charge in [-0.1, -0.05) is 6.07 Å². The van der Waals surface area contributed by atoms with Gasteiger partial charge in [0.2, 0.25) is 0 Å². The standard InChI is InChI=1S/C16H20N2O6/c1-16(2,3)24-15(21)18-11-8-23-12-9(14(20)22-4)6-5-7-10(12)17-13(11)19/h5-7,11H,8H2,1-4H3,(H,17,19)(H,18,21). The number of benzene rings is 1. The summed E-state index contributed by atoms with van der Waals surface area (Å²) in [6.45, 7) is 5.00. The number of carbonyl (C=O) groups excluding carboxylic acids is 3. The fourth-order valence-corrected chi connectivity index (χ4v) is 2.08. The fraction of sp³-hybridized carbons (Fsp3) is 0.438. The number of alkyl carbamates (subject to hydrolysis) is 1. The molecular weight excluding hydrogens is 316 g/mol. The van der Waals surface area contributed by atoms with Gasteiger partial charge in [0, 0.05) is 0 Å². The first-order chi connectivity index (χ1) is 11.2. The van der Waals surface area contributed by atoms with E-state index in [9.17, 15) is 14.4 Å². The number of para-hydroxylation sites is 1. The summed E-state index contributed by atoms with van der Waals surface area (Å²) in [6, 6.07) is 3.75. The van der Waals surface area contributed by atoms with Gasteiger partial charge < -0.3 is 24.8 Å². The average molecular weight is 336 g/mol. The molecule has 0 saturated heterocycles. The number of hydrogen-bond donors (Lipinski definition) is 2. The van der Waals surface area contributed by atoms with Gasteiger partial charge in [0.25, 0.3) is 5.91 Å². The SMILES string of the molecule is COC(=O)c1cccc2c1OCC(NC(=O)OC(C)(C)C)C(=O)N2. The molecule has 0 spiro atoms. The summed E-state index contributed by atoms with van der Waals surface area (Å²) >= 11 is 0. The lowest BCUT2D eigenvalue weighted by atomic mass is 10.1. The minimum absolute atomic E-state index is 0.147. The van der Waals surface area contributed by atoms with Crippen LogP contribution in [0.15, 0.2) is 18.2 Å². The van der Waals surface area contributed by atoms with Crippen molar-refractivity contribution in [2.75, 3.05) is 19.0 Å². The second kappa shape index (κ2) is 6.77. The van der Waals surface area contributed by atoms with Crippen LogP contribution in [0, 0.1) is 0 Å². The Hall–Kier alpha value is -2.77. The van der Waals surface area contributed by atoms with E-state index < -0.39 is 29.6 Å². The maximum absolute atomic E-state index is 12.3. The van der Waals surface area contributed by atoms with Gasteiger partial charge in [0.1, 0.15) is 23.8 Å². The van der Waals surface area contributed by atoms with Crippen LogP contribution >= 0.6 is 0 Å². The summed E-state index contributed by atoms with van der Waals surface area (Å²) in [5.41, 5.74) is -0.169. The molecule has 1 aliphatic heterocycles. The summed E-state index contributed by atoms with van der Waals surface area (Å²) in [7, 11) is 1.25.